The maximum atomic E-state index is 13.3. The minimum atomic E-state index is -3.65. The third-order valence-corrected chi connectivity index (χ3v) is 8.41. The highest BCUT2D eigenvalue weighted by Gasteiger charge is 2.39. The molecule has 7 nitrogen and oxygen atoms in total. The lowest BCUT2D eigenvalue weighted by Crippen LogP contribution is -2.48. The summed E-state index contributed by atoms with van der Waals surface area (Å²) in [6.45, 7) is 5.29. The Bertz CT molecular complexity index is 1120. The zero-order chi connectivity index (χ0) is 22.2. The van der Waals surface area contributed by atoms with Gasteiger partial charge in [-0.1, -0.05) is 19.9 Å². The average molecular weight is 444 g/mol. The van der Waals surface area contributed by atoms with Crippen LogP contribution in [0.25, 0.3) is 0 Å². The number of nitrogens with one attached hydrogen (secondary N) is 1. The summed E-state index contributed by atoms with van der Waals surface area (Å²) >= 11 is 0. The van der Waals surface area contributed by atoms with Crippen LogP contribution in [0.1, 0.15) is 44.7 Å². The van der Waals surface area contributed by atoms with Crippen LogP contribution >= 0.6 is 0 Å². The highest BCUT2D eigenvalue weighted by Crippen LogP contribution is 2.37. The number of hydrogen-bond acceptors (Lipinski definition) is 4. The molecule has 1 saturated heterocycles. The van der Waals surface area contributed by atoms with Crippen LogP contribution in [0.4, 0.5) is 5.69 Å². The molecule has 1 amide bonds. The Hall–Kier alpha value is -2.45. The normalized spacial score (nSPS) is 21.0. The highest BCUT2D eigenvalue weighted by atomic mass is 32.2. The molecule has 1 N–H and O–H groups in total. The molecule has 2 aliphatic rings. The predicted molar refractivity (Wildman–Crippen MR) is 119 cm³/mol. The zero-order valence-electron chi connectivity index (χ0n) is 18.0. The van der Waals surface area contributed by atoms with Gasteiger partial charge < -0.3 is 9.88 Å². The molecule has 0 saturated carbocycles. The molecule has 2 unspecified atom stereocenters. The topological polar surface area (TPSA) is 88.5 Å². The molecular formula is C23H29N3O4S. The lowest BCUT2D eigenvalue weighted by atomic mass is 9.84. The molecule has 8 heteroatoms. The molecule has 2 aromatic rings. The molecule has 1 fully saturated rings. The number of benzene rings is 1. The number of piperidine rings is 1. The van der Waals surface area contributed by atoms with E-state index in [4.69, 9.17) is 0 Å². The molecule has 31 heavy (non-hydrogen) atoms. The van der Waals surface area contributed by atoms with Gasteiger partial charge in [-0.05, 0) is 55.5 Å². The fraction of sp³-hybridized carbons (Fsp3) is 0.478. The second-order valence-corrected chi connectivity index (χ2v) is 10.5. The van der Waals surface area contributed by atoms with Crippen molar-refractivity contribution in [3.8, 4) is 0 Å². The minimum absolute atomic E-state index is 0.0190. The number of hydrogen-bond donors (Lipinski definition) is 1. The van der Waals surface area contributed by atoms with E-state index in [1.807, 2.05) is 19.9 Å². The molecule has 2 bridgehead atoms. The molecule has 4 rings (SSSR count). The van der Waals surface area contributed by atoms with Crippen LogP contribution in [-0.2, 0) is 21.4 Å². The van der Waals surface area contributed by atoms with Gasteiger partial charge in [0.1, 0.15) is 0 Å². The number of amides is 1. The molecule has 2 atom stereocenters. The number of pyridine rings is 1. The largest absolute Gasteiger partial charge is 0.326 e. The first-order valence-electron chi connectivity index (χ1n) is 10.9. The Morgan fingerprint density at radius 3 is 2.45 bits per heavy atom. The highest BCUT2D eigenvalue weighted by molar-refractivity contribution is 7.89. The van der Waals surface area contributed by atoms with Gasteiger partial charge >= 0.3 is 0 Å². The van der Waals surface area contributed by atoms with Crippen LogP contribution in [0.2, 0.25) is 0 Å². The van der Waals surface area contributed by atoms with Gasteiger partial charge in [-0.3, -0.25) is 9.59 Å². The molecule has 166 valence electrons. The molecule has 1 aromatic carbocycles. The summed E-state index contributed by atoms with van der Waals surface area (Å²) in [6, 6.07) is 11.6. The third kappa shape index (κ3) is 4.19. The smallest absolute Gasteiger partial charge is 0.250 e. The van der Waals surface area contributed by atoms with Gasteiger partial charge in [0.15, 0.2) is 0 Å². The number of carbonyl (C=O) groups excluding carboxylic acids is 1. The molecule has 3 heterocycles. The number of carbonyl (C=O) groups is 1. The first kappa shape index (κ1) is 21.8. The van der Waals surface area contributed by atoms with Gasteiger partial charge in [0, 0.05) is 48.9 Å². The van der Waals surface area contributed by atoms with E-state index in [0.29, 0.717) is 25.3 Å². The van der Waals surface area contributed by atoms with Crippen molar-refractivity contribution in [2.75, 3.05) is 18.4 Å². The third-order valence-electron chi connectivity index (χ3n) is 6.56. The summed E-state index contributed by atoms with van der Waals surface area (Å²) in [5.41, 5.74) is 1.50. The summed E-state index contributed by atoms with van der Waals surface area (Å²) in [4.78, 5) is 24.7. The summed E-state index contributed by atoms with van der Waals surface area (Å²) in [6.07, 6.45) is 2.43. The molecule has 0 radical (unpaired) electrons. The first-order valence-corrected chi connectivity index (χ1v) is 12.4. The number of anilines is 1. The van der Waals surface area contributed by atoms with Crippen molar-refractivity contribution < 1.29 is 13.2 Å². The predicted octanol–water partition coefficient (Wildman–Crippen LogP) is 3.03. The Kier molecular flexibility index (Phi) is 6.03. The van der Waals surface area contributed by atoms with E-state index in [1.54, 1.807) is 45.3 Å². The van der Waals surface area contributed by atoms with Crippen molar-refractivity contribution in [1.82, 2.24) is 8.87 Å². The van der Waals surface area contributed by atoms with Crippen molar-refractivity contribution >= 4 is 21.6 Å². The summed E-state index contributed by atoms with van der Waals surface area (Å²) in [5, 5.41) is 2.87. The van der Waals surface area contributed by atoms with Crippen LogP contribution < -0.4 is 10.9 Å². The maximum Gasteiger partial charge on any atom is 0.250 e. The molecule has 0 spiro atoms. The minimum Gasteiger partial charge on any atom is -0.326 e. The fourth-order valence-electron chi connectivity index (χ4n) is 4.81. The van der Waals surface area contributed by atoms with E-state index < -0.39 is 10.0 Å². The van der Waals surface area contributed by atoms with Crippen molar-refractivity contribution in [3.05, 3.63) is 58.5 Å². The SMILES string of the molecule is CCC(CC)C(=O)Nc1ccc(S(=O)(=O)N2CC3CC(C2)c2cccc(=O)n2C3)cc1. The van der Waals surface area contributed by atoms with E-state index in [1.165, 1.54) is 0 Å². The zero-order valence-corrected chi connectivity index (χ0v) is 18.8. The van der Waals surface area contributed by atoms with E-state index in [9.17, 15) is 18.0 Å². The summed E-state index contributed by atoms with van der Waals surface area (Å²) in [7, 11) is -3.65. The number of rotatable bonds is 6. The summed E-state index contributed by atoms with van der Waals surface area (Å²) in [5.74, 6) is 0.0550. The van der Waals surface area contributed by atoms with Gasteiger partial charge in [-0.15, -0.1) is 0 Å². The van der Waals surface area contributed by atoms with Gasteiger partial charge in [0.25, 0.3) is 5.56 Å². The maximum absolute atomic E-state index is 13.3. The Morgan fingerprint density at radius 1 is 1.06 bits per heavy atom. The van der Waals surface area contributed by atoms with Gasteiger partial charge in [0.2, 0.25) is 15.9 Å². The van der Waals surface area contributed by atoms with Gasteiger partial charge in [-0.25, -0.2) is 8.42 Å². The standard InChI is InChI=1S/C23H29N3O4S/c1-3-17(4-2)23(28)24-19-8-10-20(11-9-19)31(29,30)25-13-16-12-18(15-25)21-6-5-7-22(27)26(21)14-16/h5-11,16-18H,3-4,12-15H2,1-2H3,(H,24,28). The van der Waals surface area contributed by atoms with Crippen molar-refractivity contribution in [2.24, 2.45) is 11.8 Å². The lowest BCUT2D eigenvalue weighted by molar-refractivity contribution is -0.120. The van der Waals surface area contributed by atoms with Crippen molar-refractivity contribution in [2.45, 2.75) is 50.5 Å². The number of fused-ring (bicyclic) bond motifs is 4. The number of sulfonamides is 1. The Morgan fingerprint density at radius 2 is 1.77 bits per heavy atom. The van der Waals surface area contributed by atoms with Crippen LogP contribution in [0.5, 0.6) is 0 Å². The second kappa shape index (κ2) is 8.59. The molecule has 1 aromatic heterocycles. The first-order chi connectivity index (χ1) is 14.8. The van der Waals surface area contributed by atoms with E-state index >= 15 is 0 Å². The van der Waals surface area contributed by atoms with Gasteiger partial charge in [0.05, 0.1) is 4.90 Å². The average Bonchev–Trinajstić information content (AvgIpc) is 2.75. The van der Waals surface area contributed by atoms with Crippen LogP contribution in [0.3, 0.4) is 0 Å². The van der Waals surface area contributed by atoms with Crippen molar-refractivity contribution in [1.29, 1.82) is 0 Å². The Labute approximate surface area is 183 Å². The van der Waals surface area contributed by atoms with E-state index in [2.05, 4.69) is 5.32 Å². The Balaban J connectivity index is 1.52. The van der Waals surface area contributed by atoms with Gasteiger partial charge in [-0.2, -0.15) is 4.31 Å². The number of nitrogens with zero attached hydrogens (tertiary/aromatic N) is 2. The summed E-state index contributed by atoms with van der Waals surface area (Å²) < 4.78 is 29.9. The van der Waals surface area contributed by atoms with Crippen LogP contribution in [0, 0.1) is 11.8 Å². The molecule has 2 aliphatic heterocycles. The monoisotopic (exact) mass is 443 g/mol. The molecule has 0 aliphatic carbocycles. The van der Waals surface area contributed by atoms with E-state index in [-0.39, 0.29) is 34.1 Å². The fourth-order valence-corrected chi connectivity index (χ4v) is 6.37. The van der Waals surface area contributed by atoms with E-state index in [0.717, 1.165) is 25.0 Å². The van der Waals surface area contributed by atoms with Crippen LogP contribution in [-0.4, -0.2) is 36.3 Å². The second-order valence-electron chi connectivity index (χ2n) is 8.55. The quantitative estimate of drug-likeness (QED) is 0.743. The lowest BCUT2D eigenvalue weighted by Gasteiger charge is -2.42. The van der Waals surface area contributed by atoms with Crippen LogP contribution in [0.15, 0.2) is 52.2 Å². The molecular weight excluding hydrogens is 414 g/mol. The van der Waals surface area contributed by atoms with Crippen molar-refractivity contribution in [3.63, 3.8) is 0 Å². The number of aromatic nitrogens is 1.